The fourth-order valence-electron chi connectivity index (χ4n) is 1.80. The van der Waals surface area contributed by atoms with Crippen LogP contribution in [-0.2, 0) is 14.4 Å². The van der Waals surface area contributed by atoms with Gasteiger partial charge in [-0.3, -0.25) is 14.4 Å². The molecule has 1 saturated heterocycles. The lowest BCUT2D eigenvalue weighted by molar-refractivity contribution is -0.147. The molecular weight excluding hydrogens is 236 g/mol. The maximum Gasteiger partial charge on any atom is 0.306 e. The van der Waals surface area contributed by atoms with Crippen LogP contribution in [-0.4, -0.2) is 47.1 Å². The van der Waals surface area contributed by atoms with Gasteiger partial charge in [0.05, 0.1) is 11.5 Å². The van der Waals surface area contributed by atoms with E-state index in [9.17, 15) is 9.59 Å². The first kappa shape index (κ1) is 14.9. The third-order valence-corrected chi connectivity index (χ3v) is 2.80. The molecule has 6 nitrogen and oxygen atoms in total. The minimum absolute atomic E-state index is 0.0527. The van der Waals surface area contributed by atoms with Gasteiger partial charge in [0.15, 0.2) is 0 Å². The summed E-state index contributed by atoms with van der Waals surface area (Å²) >= 11 is 0. The summed E-state index contributed by atoms with van der Waals surface area (Å²) in [7, 11) is 0. The molecule has 2 N–H and O–H groups in total. The van der Waals surface area contributed by atoms with Crippen molar-refractivity contribution in [2.45, 2.75) is 39.2 Å². The highest BCUT2D eigenvalue weighted by Crippen LogP contribution is 2.17. The number of rotatable bonds is 4. The van der Waals surface area contributed by atoms with Gasteiger partial charge in [0.25, 0.3) is 0 Å². The molecule has 0 bridgehead atoms. The molecule has 0 aliphatic carbocycles. The molecule has 0 aromatic heterocycles. The molecule has 0 saturated carbocycles. The van der Waals surface area contributed by atoms with Crippen molar-refractivity contribution >= 4 is 11.9 Å². The number of nitrogens with zero attached hydrogens (tertiary/aromatic N) is 1. The van der Waals surface area contributed by atoms with Crippen LogP contribution >= 0.6 is 0 Å². The van der Waals surface area contributed by atoms with Crippen molar-refractivity contribution in [1.29, 1.82) is 0 Å². The molecule has 1 fully saturated rings. The van der Waals surface area contributed by atoms with Crippen molar-refractivity contribution in [1.82, 2.24) is 10.4 Å². The van der Waals surface area contributed by atoms with Crippen LogP contribution in [0.1, 0.15) is 33.6 Å². The summed E-state index contributed by atoms with van der Waals surface area (Å²) in [5, 5.41) is 8.86. The van der Waals surface area contributed by atoms with E-state index in [0.29, 0.717) is 25.9 Å². The van der Waals surface area contributed by atoms with E-state index < -0.39 is 5.97 Å². The molecule has 0 atom stereocenters. The Labute approximate surface area is 107 Å². The topological polar surface area (TPSA) is 78.9 Å². The summed E-state index contributed by atoms with van der Waals surface area (Å²) in [4.78, 5) is 29.5. The number of aliphatic carboxylic acids is 1. The maximum atomic E-state index is 11.8. The van der Waals surface area contributed by atoms with Gasteiger partial charge in [0.1, 0.15) is 6.54 Å². The van der Waals surface area contributed by atoms with Crippen LogP contribution in [0.4, 0.5) is 0 Å². The van der Waals surface area contributed by atoms with Crippen LogP contribution in [0.2, 0.25) is 0 Å². The molecule has 0 spiro atoms. The smallest absolute Gasteiger partial charge is 0.306 e. The Morgan fingerprint density at radius 2 is 1.89 bits per heavy atom. The number of amides is 1. The monoisotopic (exact) mass is 258 g/mol. The summed E-state index contributed by atoms with van der Waals surface area (Å²) in [5.41, 5.74) is 2.31. The number of hydroxylamine groups is 1. The van der Waals surface area contributed by atoms with E-state index in [4.69, 9.17) is 9.94 Å². The summed E-state index contributed by atoms with van der Waals surface area (Å²) in [6.07, 6.45) is 1.06. The van der Waals surface area contributed by atoms with Crippen molar-refractivity contribution < 1.29 is 19.5 Å². The summed E-state index contributed by atoms with van der Waals surface area (Å²) < 4.78 is 0. The number of likely N-dealkylation sites (tertiary alicyclic amines) is 1. The number of carbonyl (C=O) groups is 2. The molecule has 0 aromatic rings. The average Bonchev–Trinajstić information content (AvgIpc) is 2.27. The van der Waals surface area contributed by atoms with E-state index in [-0.39, 0.29) is 24.0 Å². The first-order chi connectivity index (χ1) is 8.29. The van der Waals surface area contributed by atoms with Crippen molar-refractivity contribution in [3.8, 4) is 0 Å². The second kappa shape index (κ2) is 6.15. The highest BCUT2D eigenvalue weighted by Gasteiger charge is 2.26. The molecule has 104 valence electrons. The van der Waals surface area contributed by atoms with Gasteiger partial charge < -0.3 is 10.0 Å². The second-order valence-electron chi connectivity index (χ2n) is 5.53. The third-order valence-electron chi connectivity index (χ3n) is 2.80. The number of carboxylic acids is 1. The van der Waals surface area contributed by atoms with Crippen LogP contribution in [0.5, 0.6) is 0 Å². The minimum Gasteiger partial charge on any atom is -0.481 e. The summed E-state index contributed by atoms with van der Waals surface area (Å²) in [6.45, 7) is 6.81. The number of hydrogen-bond donors (Lipinski definition) is 2. The zero-order valence-corrected chi connectivity index (χ0v) is 11.2. The first-order valence-corrected chi connectivity index (χ1v) is 6.21. The van der Waals surface area contributed by atoms with Crippen LogP contribution in [0.25, 0.3) is 0 Å². The Morgan fingerprint density at radius 3 is 2.33 bits per heavy atom. The second-order valence-corrected chi connectivity index (χ2v) is 5.53. The van der Waals surface area contributed by atoms with Gasteiger partial charge in [0, 0.05) is 13.1 Å². The lowest BCUT2D eigenvalue weighted by atomic mass is 9.97. The zero-order chi connectivity index (χ0) is 13.8. The molecule has 1 rings (SSSR count). The average molecular weight is 258 g/mol. The molecule has 0 radical (unpaired) electrons. The predicted octanol–water partition coefficient (Wildman–Crippen LogP) is 0.629. The Bertz CT molecular complexity index is 304. The van der Waals surface area contributed by atoms with Crippen LogP contribution in [0, 0.1) is 5.92 Å². The standard InChI is InChI=1S/C12H22N2O4/c1-12(2,3)18-13-8-10(15)14-6-4-9(5-7-14)11(16)17/h9,13H,4-8H2,1-3H3,(H,16,17). The number of carboxylic acid groups (broad SMARTS) is 1. The Balaban J connectivity index is 2.26. The summed E-state index contributed by atoms with van der Waals surface area (Å²) in [6, 6.07) is 0. The predicted molar refractivity (Wildman–Crippen MR) is 65.8 cm³/mol. The van der Waals surface area contributed by atoms with E-state index in [1.807, 2.05) is 20.8 Å². The molecule has 1 amide bonds. The van der Waals surface area contributed by atoms with E-state index >= 15 is 0 Å². The van der Waals surface area contributed by atoms with Crippen molar-refractivity contribution in [3.63, 3.8) is 0 Å². The van der Waals surface area contributed by atoms with Crippen molar-refractivity contribution in [2.75, 3.05) is 19.6 Å². The Morgan fingerprint density at radius 1 is 1.33 bits per heavy atom. The molecule has 1 aliphatic rings. The fraction of sp³-hybridized carbons (Fsp3) is 0.833. The van der Waals surface area contributed by atoms with E-state index in [2.05, 4.69) is 5.48 Å². The molecule has 0 aromatic carbocycles. The Hall–Kier alpha value is -1.14. The van der Waals surface area contributed by atoms with Gasteiger partial charge in [-0.15, -0.1) is 0 Å². The van der Waals surface area contributed by atoms with Crippen molar-refractivity contribution in [2.24, 2.45) is 5.92 Å². The molecule has 1 aliphatic heterocycles. The third kappa shape index (κ3) is 5.01. The van der Waals surface area contributed by atoms with Gasteiger partial charge in [-0.1, -0.05) is 0 Å². The van der Waals surface area contributed by atoms with Gasteiger partial charge in [-0.2, -0.15) is 5.48 Å². The van der Waals surface area contributed by atoms with Crippen LogP contribution in [0.15, 0.2) is 0 Å². The molecular formula is C12H22N2O4. The van der Waals surface area contributed by atoms with E-state index in [0.717, 1.165) is 0 Å². The zero-order valence-electron chi connectivity index (χ0n) is 11.2. The lowest BCUT2D eigenvalue weighted by Gasteiger charge is -2.30. The molecule has 0 unspecified atom stereocenters. The SMILES string of the molecule is CC(C)(C)ONCC(=O)N1CCC(C(=O)O)CC1. The normalized spacial score (nSPS) is 17.8. The van der Waals surface area contributed by atoms with Gasteiger partial charge >= 0.3 is 5.97 Å². The van der Waals surface area contributed by atoms with Crippen LogP contribution in [0.3, 0.4) is 0 Å². The fourth-order valence-corrected chi connectivity index (χ4v) is 1.80. The minimum atomic E-state index is -0.767. The summed E-state index contributed by atoms with van der Waals surface area (Å²) in [5.74, 6) is -1.13. The van der Waals surface area contributed by atoms with E-state index in [1.165, 1.54) is 0 Å². The first-order valence-electron chi connectivity index (χ1n) is 6.21. The lowest BCUT2D eigenvalue weighted by Crippen LogP contribution is -2.45. The number of carbonyl (C=O) groups excluding carboxylic acids is 1. The maximum absolute atomic E-state index is 11.8. The van der Waals surface area contributed by atoms with Crippen LogP contribution < -0.4 is 5.48 Å². The molecule has 18 heavy (non-hydrogen) atoms. The molecule has 6 heteroatoms. The number of hydrogen-bond acceptors (Lipinski definition) is 4. The largest absolute Gasteiger partial charge is 0.481 e. The molecule has 1 heterocycles. The van der Waals surface area contributed by atoms with Gasteiger partial charge in [-0.05, 0) is 33.6 Å². The quantitative estimate of drug-likeness (QED) is 0.723. The highest BCUT2D eigenvalue weighted by atomic mass is 16.7. The highest BCUT2D eigenvalue weighted by molar-refractivity contribution is 5.78. The number of nitrogens with one attached hydrogen (secondary N) is 1. The van der Waals surface area contributed by atoms with E-state index in [1.54, 1.807) is 4.90 Å². The van der Waals surface area contributed by atoms with Crippen molar-refractivity contribution in [3.05, 3.63) is 0 Å². The number of piperidine rings is 1. The van der Waals surface area contributed by atoms with Gasteiger partial charge in [0.2, 0.25) is 5.91 Å². The van der Waals surface area contributed by atoms with Gasteiger partial charge in [-0.25, -0.2) is 0 Å². The Kier molecular flexibility index (Phi) is 5.10.